The summed E-state index contributed by atoms with van der Waals surface area (Å²) in [6.45, 7) is 4.27. The van der Waals surface area contributed by atoms with Gasteiger partial charge in [-0.3, -0.25) is 14.4 Å². The first-order chi connectivity index (χ1) is 10.7. The maximum atomic E-state index is 11.8. The van der Waals surface area contributed by atoms with E-state index in [0.717, 1.165) is 64.6 Å². The minimum absolute atomic E-state index is 0.134. The second-order valence-corrected chi connectivity index (χ2v) is 5.41. The Bertz CT molecular complexity index is 321. The summed E-state index contributed by atoms with van der Waals surface area (Å²) >= 11 is 0. The Kier molecular flexibility index (Phi) is 13.3. The van der Waals surface area contributed by atoms with E-state index in [9.17, 15) is 9.59 Å². The predicted octanol–water partition coefficient (Wildman–Crippen LogP) is 2.18. The first-order valence-electron chi connectivity index (χ1n) is 8.28. The fourth-order valence-corrected chi connectivity index (χ4v) is 2.41. The Balaban J connectivity index is 0.00000135. The summed E-state index contributed by atoms with van der Waals surface area (Å²) in [7, 11) is 0. The number of carbonyl (C=O) groups excluding carboxylic acids is 2. The molecule has 2 amide bonds. The molecule has 1 rings (SSSR count). The molecule has 2 N–H and O–H groups in total. The number of carboxylic acid groups (broad SMARTS) is 1. The van der Waals surface area contributed by atoms with Crippen LogP contribution < -0.4 is 5.32 Å². The highest BCUT2D eigenvalue weighted by molar-refractivity contribution is 5.76. The summed E-state index contributed by atoms with van der Waals surface area (Å²) in [4.78, 5) is 33.2. The predicted molar refractivity (Wildman–Crippen MR) is 85.5 cm³/mol. The Morgan fingerprint density at radius 2 is 1.91 bits per heavy atom. The molecule has 6 heteroatoms. The van der Waals surface area contributed by atoms with E-state index in [4.69, 9.17) is 9.90 Å². The summed E-state index contributed by atoms with van der Waals surface area (Å²) in [5.74, 6) is 0.475. The van der Waals surface area contributed by atoms with Crippen molar-refractivity contribution < 1.29 is 19.5 Å². The lowest BCUT2D eigenvalue weighted by molar-refractivity contribution is -0.130. The van der Waals surface area contributed by atoms with E-state index in [1.165, 1.54) is 6.42 Å². The molecule has 22 heavy (non-hydrogen) atoms. The molecular formula is C16H30N2O4. The Morgan fingerprint density at radius 1 is 1.23 bits per heavy atom. The molecule has 1 fully saturated rings. The van der Waals surface area contributed by atoms with Crippen molar-refractivity contribution in [2.45, 2.75) is 64.7 Å². The number of unbranched alkanes of at least 4 members (excludes halogenated alkanes) is 3. The van der Waals surface area contributed by atoms with Crippen LogP contribution in [-0.2, 0) is 14.4 Å². The highest BCUT2D eigenvalue weighted by Gasteiger charge is 2.15. The van der Waals surface area contributed by atoms with E-state index < -0.39 is 0 Å². The van der Waals surface area contributed by atoms with Gasteiger partial charge in [0, 0.05) is 32.5 Å². The number of likely N-dealkylation sites (tertiary alicyclic amines) is 1. The van der Waals surface area contributed by atoms with Gasteiger partial charge in [0.2, 0.25) is 11.8 Å². The standard InChI is InChI=1S/C15H28N2O2.CH2O2/c1-2-14(18)16-11-7-3-4-8-12-17-13-9-5-6-10-15(17)19;2-1-3/h2-13H2,1H3,(H,16,18);1H,(H,2,3). The monoisotopic (exact) mass is 314 g/mol. The van der Waals surface area contributed by atoms with Gasteiger partial charge in [-0.05, 0) is 25.7 Å². The summed E-state index contributed by atoms with van der Waals surface area (Å²) in [6.07, 6.45) is 9.13. The number of hydrogen-bond donors (Lipinski definition) is 2. The normalized spacial score (nSPS) is 14.6. The maximum Gasteiger partial charge on any atom is 0.290 e. The highest BCUT2D eigenvalue weighted by atomic mass is 16.3. The van der Waals surface area contributed by atoms with Crippen molar-refractivity contribution >= 4 is 18.3 Å². The number of rotatable bonds is 8. The molecule has 0 radical (unpaired) electrons. The smallest absolute Gasteiger partial charge is 0.290 e. The van der Waals surface area contributed by atoms with Gasteiger partial charge in [-0.15, -0.1) is 0 Å². The Hall–Kier alpha value is -1.59. The van der Waals surface area contributed by atoms with Gasteiger partial charge in [0.1, 0.15) is 0 Å². The van der Waals surface area contributed by atoms with Crippen LogP contribution in [0.4, 0.5) is 0 Å². The van der Waals surface area contributed by atoms with Gasteiger partial charge in [0.15, 0.2) is 0 Å². The highest BCUT2D eigenvalue weighted by Crippen LogP contribution is 2.12. The van der Waals surface area contributed by atoms with Gasteiger partial charge in [-0.25, -0.2) is 0 Å². The molecule has 6 nitrogen and oxygen atoms in total. The van der Waals surface area contributed by atoms with Crippen LogP contribution in [0.3, 0.4) is 0 Å². The van der Waals surface area contributed by atoms with Crippen LogP contribution >= 0.6 is 0 Å². The summed E-state index contributed by atoms with van der Waals surface area (Å²) in [5, 5.41) is 9.77. The van der Waals surface area contributed by atoms with Crippen LogP contribution in [0.5, 0.6) is 0 Å². The minimum Gasteiger partial charge on any atom is -0.483 e. The zero-order valence-electron chi connectivity index (χ0n) is 13.7. The molecule has 0 bridgehead atoms. The molecule has 0 atom stereocenters. The van der Waals surface area contributed by atoms with Crippen molar-refractivity contribution in [3.8, 4) is 0 Å². The molecular weight excluding hydrogens is 284 g/mol. The fourth-order valence-electron chi connectivity index (χ4n) is 2.41. The third kappa shape index (κ3) is 11.1. The number of hydrogen-bond acceptors (Lipinski definition) is 3. The molecule has 0 spiro atoms. The molecule has 0 saturated carbocycles. The number of nitrogens with one attached hydrogen (secondary N) is 1. The van der Waals surface area contributed by atoms with E-state index in [0.29, 0.717) is 12.3 Å². The number of nitrogens with zero attached hydrogens (tertiary/aromatic N) is 1. The van der Waals surface area contributed by atoms with Crippen molar-refractivity contribution in [1.29, 1.82) is 0 Å². The van der Waals surface area contributed by atoms with Crippen molar-refractivity contribution in [3.63, 3.8) is 0 Å². The van der Waals surface area contributed by atoms with Gasteiger partial charge in [-0.2, -0.15) is 0 Å². The van der Waals surface area contributed by atoms with Gasteiger partial charge in [0.05, 0.1) is 0 Å². The van der Waals surface area contributed by atoms with Crippen LogP contribution in [0.1, 0.15) is 64.7 Å². The summed E-state index contributed by atoms with van der Waals surface area (Å²) in [6, 6.07) is 0. The minimum atomic E-state index is -0.250. The van der Waals surface area contributed by atoms with Crippen LogP contribution in [0.25, 0.3) is 0 Å². The Morgan fingerprint density at radius 3 is 2.59 bits per heavy atom. The second kappa shape index (κ2) is 14.4. The van der Waals surface area contributed by atoms with Crippen molar-refractivity contribution in [2.75, 3.05) is 19.6 Å². The van der Waals surface area contributed by atoms with E-state index >= 15 is 0 Å². The molecule has 1 aliphatic heterocycles. The first kappa shape index (κ1) is 20.4. The van der Waals surface area contributed by atoms with Crippen LogP contribution in [0, 0.1) is 0 Å². The number of amides is 2. The molecule has 1 saturated heterocycles. The van der Waals surface area contributed by atoms with Gasteiger partial charge >= 0.3 is 0 Å². The van der Waals surface area contributed by atoms with Crippen LogP contribution in [-0.4, -0.2) is 47.9 Å². The average molecular weight is 314 g/mol. The molecule has 0 aromatic rings. The van der Waals surface area contributed by atoms with E-state index in [1.807, 2.05) is 11.8 Å². The lowest BCUT2D eigenvalue weighted by Gasteiger charge is -2.20. The zero-order chi connectivity index (χ0) is 16.6. The molecule has 0 aromatic carbocycles. The lowest BCUT2D eigenvalue weighted by Crippen LogP contribution is -2.31. The lowest BCUT2D eigenvalue weighted by atomic mass is 10.2. The quantitative estimate of drug-likeness (QED) is 0.531. The van der Waals surface area contributed by atoms with Gasteiger partial charge in [0.25, 0.3) is 6.47 Å². The largest absolute Gasteiger partial charge is 0.483 e. The van der Waals surface area contributed by atoms with E-state index in [1.54, 1.807) is 0 Å². The van der Waals surface area contributed by atoms with E-state index in [2.05, 4.69) is 5.32 Å². The molecule has 1 aliphatic rings. The molecule has 0 unspecified atom stereocenters. The number of carbonyl (C=O) groups is 3. The molecule has 0 aliphatic carbocycles. The first-order valence-corrected chi connectivity index (χ1v) is 8.28. The molecule has 0 aromatic heterocycles. The van der Waals surface area contributed by atoms with E-state index in [-0.39, 0.29) is 12.4 Å². The third-order valence-electron chi connectivity index (χ3n) is 3.67. The van der Waals surface area contributed by atoms with Gasteiger partial charge in [-0.1, -0.05) is 26.2 Å². The van der Waals surface area contributed by atoms with Gasteiger partial charge < -0.3 is 15.3 Å². The summed E-state index contributed by atoms with van der Waals surface area (Å²) in [5.41, 5.74) is 0. The van der Waals surface area contributed by atoms with Crippen LogP contribution in [0.2, 0.25) is 0 Å². The second-order valence-electron chi connectivity index (χ2n) is 5.41. The Labute approximate surface area is 133 Å². The third-order valence-corrected chi connectivity index (χ3v) is 3.67. The van der Waals surface area contributed by atoms with Crippen molar-refractivity contribution in [2.24, 2.45) is 0 Å². The molecule has 1 heterocycles. The van der Waals surface area contributed by atoms with Crippen molar-refractivity contribution in [3.05, 3.63) is 0 Å². The van der Waals surface area contributed by atoms with Crippen LogP contribution in [0.15, 0.2) is 0 Å². The zero-order valence-corrected chi connectivity index (χ0v) is 13.7. The summed E-state index contributed by atoms with van der Waals surface area (Å²) < 4.78 is 0. The SMILES string of the molecule is CCC(=O)NCCCCCCN1CCCCCC1=O.O=CO. The van der Waals surface area contributed by atoms with Crippen molar-refractivity contribution in [1.82, 2.24) is 10.2 Å². The maximum absolute atomic E-state index is 11.8. The topological polar surface area (TPSA) is 86.7 Å². The molecule has 128 valence electrons. The average Bonchev–Trinajstić information content (AvgIpc) is 2.71. The fraction of sp³-hybridized carbons (Fsp3) is 0.812.